The maximum atomic E-state index is 6.14. The molecule has 0 spiro atoms. The summed E-state index contributed by atoms with van der Waals surface area (Å²) in [5.74, 6) is 3.13. The van der Waals surface area contributed by atoms with Crippen molar-refractivity contribution in [2.45, 2.75) is 6.61 Å². The first-order valence-electron chi connectivity index (χ1n) is 7.15. The highest BCUT2D eigenvalue weighted by Crippen LogP contribution is 2.25. The number of hydrogen-bond donors (Lipinski definition) is 0. The Bertz CT molecular complexity index is 836. The van der Waals surface area contributed by atoms with Crippen molar-refractivity contribution in [3.05, 3.63) is 83.0 Å². The number of halogens is 1. The van der Waals surface area contributed by atoms with Crippen LogP contribution in [0, 0.1) is 12.3 Å². The zero-order valence-corrected chi connectivity index (χ0v) is 13.1. The van der Waals surface area contributed by atoms with Crippen LogP contribution in [0.15, 0.2) is 66.9 Å². The summed E-state index contributed by atoms with van der Waals surface area (Å²) in [6, 6.07) is 19.4. The van der Waals surface area contributed by atoms with Gasteiger partial charge in [-0.2, -0.15) is 0 Å². The molecule has 0 atom stereocenters. The molecule has 112 valence electrons. The van der Waals surface area contributed by atoms with Crippen molar-refractivity contribution < 1.29 is 4.74 Å². The second-order valence-corrected chi connectivity index (χ2v) is 5.41. The largest absolute Gasteiger partial charge is 0.473 e. The monoisotopic (exact) mass is 319 g/mol. The van der Waals surface area contributed by atoms with E-state index in [4.69, 9.17) is 22.8 Å². The predicted molar refractivity (Wildman–Crippen MR) is 93.4 cm³/mol. The number of terminal acetylenes is 1. The van der Waals surface area contributed by atoms with Gasteiger partial charge in [-0.15, -0.1) is 6.42 Å². The van der Waals surface area contributed by atoms with E-state index in [2.05, 4.69) is 10.9 Å². The molecule has 0 unspecified atom stereocenters. The lowest BCUT2D eigenvalue weighted by Gasteiger charge is -2.07. The van der Waals surface area contributed by atoms with E-state index in [1.54, 1.807) is 6.20 Å². The van der Waals surface area contributed by atoms with Gasteiger partial charge in [-0.25, -0.2) is 4.98 Å². The molecule has 0 amide bonds. The Morgan fingerprint density at radius 2 is 1.78 bits per heavy atom. The molecule has 0 bridgehead atoms. The van der Waals surface area contributed by atoms with Gasteiger partial charge in [0.15, 0.2) is 0 Å². The Labute approximate surface area is 140 Å². The summed E-state index contributed by atoms with van der Waals surface area (Å²) in [6.07, 6.45) is 7.14. The lowest BCUT2D eigenvalue weighted by molar-refractivity contribution is 0.294. The van der Waals surface area contributed by atoms with Gasteiger partial charge < -0.3 is 4.74 Å². The molecule has 3 heteroatoms. The van der Waals surface area contributed by atoms with Crippen LogP contribution < -0.4 is 4.74 Å². The maximum Gasteiger partial charge on any atom is 0.213 e. The minimum absolute atomic E-state index is 0.496. The first kappa shape index (κ1) is 15.1. The molecule has 3 rings (SSSR count). The Balaban J connectivity index is 1.72. The molecule has 3 aromatic rings. The zero-order chi connectivity index (χ0) is 16.1. The fourth-order valence-electron chi connectivity index (χ4n) is 2.18. The zero-order valence-electron chi connectivity index (χ0n) is 12.4. The number of pyridine rings is 1. The van der Waals surface area contributed by atoms with Gasteiger partial charge in [0.05, 0.1) is 5.02 Å². The first-order chi connectivity index (χ1) is 11.3. The third kappa shape index (κ3) is 3.71. The van der Waals surface area contributed by atoms with Gasteiger partial charge in [0.25, 0.3) is 0 Å². The van der Waals surface area contributed by atoms with Gasteiger partial charge in [-0.05, 0) is 29.3 Å². The van der Waals surface area contributed by atoms with Crippen molar-refractivity contribution in [2.75, 3.05) is 0 Å². The molecule has 0 aliphatic rings. The molecular weight excluding hydrogens is 306 g/mol. The second-order valence-electron chi connectivity index (χ2n) is 5.00. The molecule has 0 N–H and O–H groups in total. The van der Waals surface area contributed by atoms with E-state index in [0.717, 1.165) is 16.7 Å². The van der Waals surface area contributed by atoms with Crippen LogP contribution in [0.2, 0.25) is 5.02 Å². The standard InChI is InChI=1S/C20H14ClNO/c1-2-16-8-9-17(12-19(16)21)18-10-11-20(22-13-18)23-14-15-6-4-3-5-7-15/h1,3-13H,14H2. The number of ether oxygens (including phenoxy) is 1. The molecular formula is C20H14ClNO. The maximum absolute atomic E-state index is 6.14. The molecule has 0 radical (unpaired) electrons. The topological polar surface area (TPSA) is 22.1 Å². The molecule has 0 aliphatic heterocycles. The van der Waals surface area contributed by atoms with E-state index in [9.17, 15) is 0 Å². The van der Waals surface area contributed by atoms with Crippen molar-refractivity contribution in [3.63, 3.8) is 0 Å². The Hall–Kier alpha value is -2.76. The summed E-state index contributed by atoms with van der Waals surface area (Å²) in [4.78, 5) is 4.34. The van der Waals surface area contributed by atoms with Crippen LogP contribution in [0.5, 0.6) is 5.88 Å². The third-order valence-corrected chi connectivity index (χ3v) is 3.74. The quantitative estimate of drug-likeness (QED) is 0.634. The van der Waals surface area contributed by atoms with Crippen molar-refractivity contribution in [1.29, 1.82) is 0 Å². The molecule has 0 saturated heterocycles. The van der Waals surface area contributed by atoms with E-state index in [0.29, 0.717) is 23.1 Å². The molecule has 1 aromatic heterocycles. The van der Waals surface area contributed by atoms with Crippen LogP contribution in [0.1, 0.15) is 11.1 Å². The van der Waals surface area contributed by atoms with Crippen LogP contribution in [-0.2, 0) is 6.61 Å². The van der Waals surface area contributed by atoms with Gasteiger partial charge in [0.2, 0.25) is 5.88 Å². The van der Waals surface area contributed by atoms with Crippen molar-refractivity contribution in [3.8, 4) is 29.4 Å². The van der Waals surface area contributed by atoms with Crippen LogP contribution >= 0.6 is 11.6 Å². The summed E-state index contributed by atoms with van der Waals surface area (Å²) >= 11 is 6.14. The van der Waals surface area contributed by atoms with Gasteiger partial charge in [0.1, 0.15) is 6.61 Å². The number of hydrogen-bond acceptors (Lipinski definition) is 2. The molecule has 0 aliphatic carbocycles. The summed E-state index contributed by atoms with van der Waals surface area (Å²) < 4.78 is 5.68. The lowest BCUT2D eigenvalue weighted by Crippen LogP contribution is -1.96. The molecule has 1 heterocycles. The highest BCUT2D eigenvalue weighted by molar-refractivity contribution is 6.32. The fraction of sp³-hybridized carbons (Fsp3) is 0.0500. The minimum Gasteiger partial charge on any atom is -0.473 e. The second kappa shape index (κ2) is 7.00. The normalized spacial score (nSPS) is 10.1. The van der Waals surface area contributed by atoms with Crippen LogP contribution in [0.25, 0.3) is 11.1 Å². The number of aromatic nitrogens is 1. The van der Waals surface area contributed by atoms with Crippen molar-refractivity contribution in [2.24, 2.45) is 0 Å². The van der Waals surface area contributed by atoms with Gasteiger partial charge in [-0.1, -0.05) is 53.9 Å². The molecule has 0 fully saturated rings. The summed E-state index contributed by atoms with van der Waals surface area (Å²) in [7, 11) is 0. The van der Waals surface area contributed by atoms with E-state index < -0.39 is 0 Å². The SMILES string of the molecule is C#Cc1ccc(-c2ccc(OCc3ccccc3)nc2)cc1Cl. The Kier molecular flexibility index (Phi) is 4.61. The van der Waals surface area contributed by atoms with Gasteiger partial charge in [0, 0.05) is 23.4 Å². The minimum atomic E-state index is 0.496. The molecule has 2 nitrogen and oxygen atoms in total. The van der Waals surface area contributed by atoms with Crippen molar-refractivity contribution in [1.82, 2.24) is 4.98 Å². The first-order valence-corrected chi connectivity index (χ1v) is 7.53. The van der Waals surface area contributed by atoms with Gasteiger partial charge >= 0.3 is 0 Å². The van der Waals surface area contributed by atoms with Gasteiger partial charge in [-0.3, -0.25) is 0 Å². The van der Waals surface area contributed by atoms with Crippen LogP contribution in [0.3, 0.4) is 0 Å². The van der Waals surface area contributed by atoms with E-state index in [1.165, 1.54) is 0 Å². The third-order valence-electron chi connectivity index (χ3n) is 3.42. The van der Waals surface area contributed by atoms with E-state index in [-0.39, 0.29) is 0 Å². The van der Waals surface area contributed by atoms with Crippen molar-refractivity contribution >= 4 is 11.6 Å². The van der Waals surface area contributed by atoms with E-state index >= 15 is 0 Å². The van der Waals surface area contributed by atoms with Crippen LogP contribution in [-0.4, -0.2) is 4.98 Å². The Morgan fingerprint density at radius 3 is 2.43 bits per heavy atom. The number of nitrogens with zero attached hydrogens (tertiary/aromatic N) is 1. The molecule has 2 aromatic carbocycles. The summed E-state index contributed by atoms with van der Waals surface area (Å²) in [5, 5.41) is 0.564. The smallest absolute Gasteiger partial charge is 0.213 e. The van der Waals surface area contributed by atoms with Crippen LogP contribution in [0.4, 0.5) is 0 Å². The average molecular weight is 320 g/mol. The molecule has 23 heavy (non-hydrogen) atoms. The van der Waals surface area contributed by atoms with E-state index in [1.807, 2.05) is 60.7 Å². The highest BCUT2D eigenvalue weighted by atomic mass is 35.5. The average Bonchev–Trinajstić information content (AvgIpc) is 2.61. The highest BCUT2D eigenvalue weighted by Gasteiger charge is 2.04. The predicted octanol–water partition coefficient (Wildman–Crippen LogP) is 4.96. The summed E-state index contributed by atoms with van der Waals surface area (Å²) in [6.45, 7) is 0.496. The Morgan fingerprint density at radius 1 is 1.00 bits per heavy atom. The number of benzene rings is 2. The fourth-order valence-corrected chi connectivity index (χ4v) is 2.41. The number of rotatable bonds is 4. The molecule has 0 saturated carbocycles. The summed E-state index contributed by atoms with van der Waals surface area (Å²) in [5.41, 5.74) is 3.72. The lowest BCUT2D eigenvalue weighted by atomic mass is 10.1.